The molecule has 0 radical (unpaired) electrons. The summed E-state index contributed by atoms with van der Waals surface area (Å²) in [4.78, 5) is 14.0. The van der Waals surface area contributed by atoms with Crippen molar-refractivity contribution in [2.45, 2.75) is 18.9 Å². The molecule has 1 unspecified atom stereocenters. The summed E-state index contributed by atoms with van der Waals surface area (Å²) in [6, 6.07) is 9.38. The lowest BCUT2D eigenvalue weighted by molar-refractivity contribution is 0.0458. The van der Waals surface area contributed by atoms with Gasteiger partial charge in [0, 0.05) is 25.8 Å². The summed E-state index contributed by atoms with van der Waals surface area (Å²) in [6.45, 7) is 1.25. The van der Waals surface area contributed by atoms with Crippen LogP contribution in [0.5, 0.6) is 0 Å². The van der Waals surface area contributed by atoms with E-state index < -0.39 is 0 Å². The molecule has 0 saturated carbocycles. The highest BCUT2D eigenvalue weighted by Gasteiger charge is 2.23. The molecule has 7 heteroatoms. The molecule has 1 saturated heterocycles. The molecule has 1 N–H and O–H groups in total. The van der Waals surface area contributed by atoms with E-state index in [0.717, 1.165) is 12.8 Å². The average Bonchev–Trinajstić information content (AvgIpc) is 2.63. The number of halogens is 1. The third-order valence-corrected chi connectivity index (χ3v) is 4.05. The summed E-state index contributed by atoms with van der Waals surface area (Å²) in [5.41, 5.74) is 0.797. The number of anilines is 1. The standard InChI is InChI=1S/C17H19FN4O2/c1-24-12-5-4-10-22(11-12)17(23)19-16-9-8-15(20-21-16)13-6-2-3-7-14(13)18/h2-3,6-9,12H,4-5,10-11H2,1H3,(H,19,21,23). The van der Waals surface area contributed by atoms with Gasteiger partial charge in [0.1, 0.15) is 5.82 Å². The van der Waals surface area contributed by atoms with Gasteiger partial charge in [-0.05, 0) is 37.1 Å². The van der Waals surface area contributed by atoms with Gasteiger partial charge in [-0.15, -0.1) is 10.2 Å². The molecule has 2 amide bonds. The minimum absolute atomic E-state index is 0.0685. The van der Waals surface area contributed by atoms with Crippen LogP contribution in [0, 0.1) is 5.82 Å². The number of methoxy groups -OCH3 is 1. The first-order valence-corrected chi connectivity index (χ1v) is 7.84. The Bertz CT molecular complexity index is 708. The van der Waals surface area contributed by atoms with Gasteiger partial charge in [0.15, 0.2) is 5.82 Å². The van der Waals surface area contributed by atoms with Crippen LogP contribution in [-0.4, -0.2) is 47.4 Å². The summed E-state index contributed by atoms with van der Waals surface area (Å²) in [5, 5.41) is 10.7. The third kappa shape index (κ3) is 3.68. The van der Waals surface area contributed by atoms with Crippen LogP contribution in [0.15, 0.2) is 36.4 Å². The van der Waals surface area contributed by atoms with Gasteiger partial charge in [-0.3, -0.25) is 5.32 Å². The fraction of sp³-hybridized carbons (Fsp3) is 0.353. The molecule has 6 nitrogen and oxygen atoms in total. The highest BCUT2D eigenvalue weighted by atomic mass is 19.1. The minimum Gasteiger partial charge on any atom is -0.380 e. The van der Waals surface area contributed by atoms with E-state index in [1.165, 1.54) is 6.07 Å². The number of amides is 2. The van der Waals surface area contributed by atoms with Crippen LogP contribution in [0.4, 0.5) is 15.0 Å². The number of aromatic nitrogens is 2. The van der Waals surface area contributed by atoms with Crippen molar-refractivity contribution in [3.63, 3.8) is 0 Å². The van der Waals surface area contributed by atoms with Crippen molar-refractivity contribution in [1.82, 2.24) is 15.1 Å². The summed E-state index contributed by atoms with van der Waals surface area (Å²) in [7, 11) is 1.65. The second-order valence-electron chi connectivity index (χ2n) is 5.66. The Morgan fingerprint density at radius 1 is 1.29 bits per heavy atom. The molecule has 1 aliphatic heterocycles. The fourth-order valence-corrected chi connectivity index (χ4v) is 2.72. The molecule has 1 atom stereocenters. The lowest BCUT2D eigenvalue weighted by Crippen LogP contribution is -2.45. The minimum atomic E-state index is -0.359. The first kappa shape index (κ1) is 16.3. The number of hydrogen-bond acceptors (Lipinski definition) is 4. The van der Waals surface area contributed by atoms with E-state index in [2.05, 4.69) is 15.5 Å². The molecule has 1 aromatic carbocycles. The fourth-order valence-electron chi connectivity index (χ4n) is 2.72. The molecular formula is C17H19FN4O2. The van der Waals surface area contributed by atoms with Gasteiger partial charge < -0.3 is 9.64 Å². The van der Waals surface area contributed by atoms with Crippen LogP contribution in [-0.2, 0) is 4.74 Å². The van der Waals surface area contributed by atoms with E-state index >= 15 is 0 Å². The molecule has 0 bridgehead atoms. The maximum absolute atomic E-state index is 13.7. The predicted molar refractivity (Wildman–Crippen MR) is 88.0 cm³/mol. The number of urea groups is 1. The van der Waals surface area contributed by atoms with Crippen LogP contribution in [0.1, 0.15) is 12.8 Å². The SMILES string of the molecule is COC1CCCN(C(=O)Nc2ccc(-c3ccccc3F)nn2)C1. The van der Waals surface area contributed by atoms with Gasteiger partial charge in [0.2, 0.25) is 0 Å². The van der Waals surface area contributed by atoms with E-state index in [-0.39, 0.29) is 18.0 Å². The van der Waals surface area contributed by atoms with E-state index in [0.29, 0.717) is 30.2 Å². The van der Waals surface area contributed by atoms with Crippen molar-refractivity contribution >= 4 is 11.8 Å². The number of carbonyl (C=O) groups is 1. The second kappa shape index (κ2) is 7.35. The zero-order valence-electron chi connectivity index (χ0n) is 13.4. The van der Waals surface area contributed by atoms with Gasteiger partial charge >= 0.3 is 6.03 Å². The van der Waals surface area contributed by atoms with E-state index in [4.69, 9.17) is 4.74 Å². The first-order chi connectivity index (χ1) is 11.7. The van der Waals surface area contributed by atoms with Crippen LogP contribution in [0.2, 0.25) is 0 Å². The average molecular weight is 330 g/mol. The Morgan fingerprint density at radius 3 is 2.83 bits per heavy atom. The van der Waals surface area contributed by atoms with Gasteiger partial charge in [-0.2, -0.15) is 0 Å². The normalized spacial score (nSPS) is 17.6. The van der Waals surface area contributed by atoms with E-state index in [1.54, 1.807) is 42.3 Å². The zero-order valence-corrected chi connectivity index (χ0v) is 13.4. The number of nitrogens with zero attached hydrogens (tertiary/aromatic N) is 3. The predicted octanol–water partition coefficient (Wildman–Crippen LogP) is 2.93. The zero-order chi connectivity index (χ0) is 16.9. The van der Waals surface area contributed by atoms with Gasteiger partial charge in [0.05, 0.1) is 11.8 Å². The lowest BCUT2D eigenvalue weighted by Gasteiger charge is -2.31. The van der Waals surface area contributed by atoms with E-state index in [9.17, 15) is 9.18 Å². The number of rotatable bonds is 3. The topological polar surface area (TPSA) is 67.3 Å². The monoisotopic (exact) mass is 330 g/mol. The van der Waals surface area contributed by atoms with Crippen molar-refractivity contribution in [2.75, 3.05) is 25.5 Å². The Labute approximate surface area is 139 Å². The molecule has 24 heavy (non-hydrogen) atoms. The quantitative estimate of drug-likeness (QED) is 0.939. The molecule has 126 valence electrons. The van der Waals surface area contributed by atoms with Crippen LogP contribution in [0.25, 0.3) is 11.3 Å². The maximum Gasteiger partial charge on any atom is 0.323 e. The highest BCUT2D eigenvalue weighted by Crippen LogP contribution is 2.20. The summed E-state index contributed by atoms with van der Waals surface area (Å²) in [5.74, 6) is -0.0258. The smallest absolute Gasteiger partial charge is 0.323 e. The van der Waals surface area contributed by atoms with Crippen LogP contribution < -0.4 is 5.32 Å². The summed E-state index contributed by atoms with van der Waals surface area (Å²) < 4.78 is 19.1. The van der Waals surface area contributed by atoms with Crippen molar-refractivity contribution < 1.29 is 13.9 Å². The maximum atomic E-state index is 13.7. The number of benzene rings is 1. The summed E-state index contributed by atoms with van der Waals surface area (Å²) >= 11 is 0. The lowest BCUT2D eigenvalue weighted by atomic mass is 10.1. The largest absolute Gasteiger partial charge is 0.380 e. The molecule has 0 aliphatic carbocycles. The molecule has 3 rings (SSSR count). The molecule has 2 heterocycles. The molecule has 1 aliphatic rings. The van der Waals surface area contributed by atoms with Crippen molar-refractivity contribution in [2.24, 2.45) is 0 Å². The third-order valence-electron chi connectivity index (χ3n) is 4.05. The summed E-state index contributed by atoms with van der Waals surface area (Å²) in [6.07, 6.45) is 1.93. The number of nitrogens with one attached hydrogen (secondary N) is 1. The molecule has 1 aromatic heterocycles. The van der Waals surface area contributed by atoms with E-state index in [1.807, 2.05) is 0 Å². The number of carbonyl (C=O) groups excluding carboxylic acids is 1. The van der Waals surface area contributed by atoms with Crippen molar-refractivity contribution in [3.8, 4) is 11.3 Å². The molecule has 1 fully saturated rings. The van der Waals surface area contributed by atoms with Gasteiger partial charge in [0.25, 0.3) is 0 Å². The number of likely N-dealkylation sites (tertiary alicyclic amines) is 1. The Balaban J connectivity index is 1.66. The molecule has 2 aromatic rings. The Hall–Kier alpha value is -2.54. The van der Waals surface area contributed by atoms with Gasteiger partial charge in [-0.25, -0.2) is 9.18 Å². The first-order valence-electron chi connectivity index (χ1n) is 7.84. The number of hydrogen-bond donors (Lipinski definition) is 1. The highest BCUT2D eigenvalue weighted by molar-refractivity contribution is 5.88. The van der Waals surface area contributed by atoms with Crippen molar-refractivity contribution in [1.29, 1.82) is 0 Å². The van der Waals surface area contributed by atoms with Crippen LogP contribution in [0.3, 0.4) is 0 Å². The number of ether oxygens (including phenoxy) is 1. The molecule has 0 spiro atoms. The molecular weight excluding hydrogens is 311 g/mol. The van der Waals surface area contributed by atoms with Crippen LogP contribution >= 0.6 is 0 Å². The van der Waals surface area contributed by atoms with Gasteiger partial charge in [-0.1, -0.05) is 12.1 Å². The Kier molecular flexibility index (Phi) is 5.00. The second-order valence-corrected chi connectivity index (χ2v) is 5.66. The Morgan fingerprint density at radius 2 is 2.12 bits per heavy atom. The number of piperidine rings is 1. The van der Waals surface area contributed by atoms with Crippen molar-refractivity contribution in [3.05, 3.63) is 42.2 Å².